The third-order valence-corrected chi connectivity index (χ3v) is 4.18. The van der Waals surface area contributed by atoms with Gasteiger partial charge in [0.1, 0.15) is 0 Å². The molecule has 1 unspecified atom stereocenters. The number of carbonyl (C=O) groups is 2. The SMILES string of the molecule is NC1CCC/C=C/Cc2ccccc2C(=O)NCCCCNC1=O. The Morgan fingerprint density at radius 1 is 0.958 bits per heavy atom. The van der Waals surface area contributed by atoms with Gasteiger partial charge < -0.3 is 16.4 Å². The van der Waals surface area contributed by atoms with Crippen LogP contribution in [-0.4, -0.2) is 30.9 Å². The Morgan fingerprint density at radius 2 is 1.71 bits per heavy atom. The van der Waals surface area contributed by atoms with Gasteiger partial charge in [0.2, 0.25) is 5.91 Å². The fraction of sp³-hybridized carbons (Fsp3) is 0.474. The molecule has 0 radical (unpaired) electrons. The van der Waals surface area contributed by atoms with Gasteiger partial charge in [-0.3, -0.25) is 9.59 Å². The van der Waals surface area contributed by atoms with E-state index in [1.54, 1.807) is 0 Å². The summed E-state index contributed by atoms with van der Waals surface area (Å²) >= 11 is 0. The van der Waals surface area contributed by atoms with E-state index in [4.69, 9.17) is 5.73 Å². The van der Waals surface area contributed by atoms with E-state index in [9.17, 15) is 9.59 Å². The smallest absolute Gasteiger partial charge is 0.251 e. The predicted octanol–water partition coefficient (Wildman–Crippen LogP) is 1.92. The summed E-state index contributed by atoms with van der Waals surface area (Å²) in [6.45, 7) is 1.20. The second kappa shape index (κ2) is 9.88. The monoisotopic (exact) mass is 329 g/mol. The van der Waals surface area contributed by atoms with Crippen LogP contribution in [0, 0.1) is 0 Å². The number of hydrogen-bond donors (Lipinski definition) is 3. The molecule has 0 fully saturated rings. The molecule has 1 aromatic rings. The van der Waals surface area contributed by atoms with Crippen LogP contribution in [0.2, 0.25) is 0 Å². The van der Waals surface area contributed by atoms with Crippen LogP contribution < -0.4 is 16.4 Å². The molecule has 1 heterocycles. The fourth-order valence-electron chi connectivity index (χ4n) is 2.72. The highest BCUT2D eigenvalue weighted by molar-refractivity contribution is 5.95. The second-order valence-corrected chi connectivity index (χ2v) is 6.12. The van der Waals surface area contributed by atoms with Crippen molar-refractivity contribution in [3.8, 4) is 0 Å². The molecule has 0 bridgehead atoms. The lowest BCUT2D eigenvalue weighted by molar-refractivity contribution is -0.122. The number of hydrogen-bond acceptors (Lipinski definition) is 3. The molecule has 5 heteroatoms. The van der Waals surface area contributed by atoms with Gasteiger partial charge >= 0.3 is 0 Å². The minimum Gasteiger partial charge on any atom is -0.355 e. The van der Waals surface area contributed by atoms with Crippen LogP contribution in [0.1, 0.15) is 48.0 Å². The molecular weight excluding hydrogens is 302 g/mol. The molecule has 0 aliphatic carbocycles. The van der Waals surface area contributed by atoms with Gasteiger partial charge in [-0.05, 0) is 50.2 Å². The average Bonchev–Trinajstić information content (AvgIpc) is 2.60. The van der Waals surface area contributed by atoms with Crippen molar-refractivity contribution in [2.75, 3.05) is 13.1 Å². The molecule has 0 saturated carbocycles. The van der Waals surface area contributed by atoms with Crippen molar-refractivity contribution >= 4 is 11.8 Å². The first-order valence-electron chi connectivity index (χ1n) is 8.73. The third-order valence-electron chi connectivity index (χ3n) is 4.18. The summed E-state index contributed by atoms with van der Waals surface area (Å²) in [5, 5.41) is 5.81. The van der Waals surface area contributed by atoms with Gasteiger partial charge in [0.25, 0.3) is 5.91 Å². The van der Waals surface area contributed by atoms with Crippen molar-refractivity contribution in [3.63, 3.8) is 0 Å². The maximum atomic E-state index is 12.3. The van der Waals surface area contributed by atoms with Crippen LogP contribution >= 0.6 is 0 Å². The van der Waals surface area contributed by atoms with Crippen LogP contribution in [0.15, 0.2) is 36.4 Å². The molecule has 0 saturated heterocycles. The van der Waals surface area contributed by atoms with Crippen LogP contribution in [-0.2, 0) is 11.2 Å². The first-order valence-corrected chi connectivity index (χ1v) is 8.73. The van der Waals surface area contributed by atoms with Crippen LogP contribution in [0.25, 0.3) is 0 Å². The molecule has 1 aliphatic rings. The van der Waals surface area contributed by atoms with Gasteiger partial charge in [0.15, 0.2) is 0 Å². The summed E-state index contributed by atoms with van der Waals surface area (Å²) in [4.78, 5) is 24.2. The van der Waals surface area contributed by atoms with E-state index < -0.39 is 6.04 Å². The number of amides is 2. The highest BCUT2D eigenvalue weighted by Gasteiger charge is 2.12. The maximum absolute atomic E-state index is 12.3. The van der Waals surface area contributed by atoms with Gasteiger partial charge in [0.05, 0.1) is 6.04 Å². The number of benzene rings is 1. The average molecular weight is 329 g/mol. The lowest BCUT2D eigenvalue weighted by Crippen LogP contribution is -2.41. The third kappa shape index (κ3) is 5.81. The van der Waals surface area contributed by atoms with Gasteiger partial charge in [-0.2, -0.15) is 0 Å². The molecule has 4 N–H and O–H groups in total. The molecule has 24 heavy (non-hydrogen) atoms. The summed E-state index contributed by atoms with van der Waals surface area (Å²) in [5.74, 6) is -0.117. The van der Waals surface area contributed by atoms with Crippen LogP contribution in [0.4, 0.5) is 0 Å². The molecule has 0 spiro atoms. The van der Waals surface area contributed by atoms with Crippen molar-refractivity contribution in [2.45, 2.75) is 44.6 Å². The van der Waals surface area contributed by atoms with E-state index in [1.807, 2.05) is 24.3 Å². The largest absolute Gasteiger partial charge is 0.355 e. The summed E-state index contributed by atoms with van der Waals surface area (Å²) in [5.41, 5.74) is 7.67. The number of nitrogens with one attached hydrogen (secondary N) is 2. The van der Waals surface area contributed by atoms with Crippen molar-refractivity contribution in [3.05, 3.63) is 47.5 Å². The standard InChI is InChI=1S/C19H27N3O2/c20-17-12-4-2-1-3-9-15-10-5-6-11-16(15)18(23)21-13-7-8-14-22-19(17)24/h1,3,5-6,10-11,17H,2,4,7-9,12-14,20H2,(H,21,23)(H,22,24)/b3-1+. The summed E-state index contributed by atoms with van der Waals surface area (Å²) in [6.07, 6.45) is 9.00. The molecular formula is C19H27N3O2. The zero-order valence-electron chi connectivity index (χ0n) is 14.1. The van der Waals surface area contributed by atoms with E-state index in [0.29, 0.717) is 19.5 Å². The van der Waals surface area contributed by atoms with Crippen LogP contribution in [0.3, 0.4) is 0 Å². The molecule has 1 aliphatic heterocycles. The lowest BCUT2D eigenvalue weighted by Gasteiger charge is -2.11. The minimum atomic E-state index is -0.436. The molecule has 1 aromatic carbocycles. The Hall–Kier alpha value is -2.14. The molecule has 130 valence electrons. The summed E-state index contributed by atoms with van der Waals surface area (Å²) < 4.78 is 0. The first-order chi connectivity index (χ1) is 11.7. The van der Waals surface area contributed by atoms with E-state index >= 15 is 0 Å². The number of allylic oxidation sites excluding steroid dienone is 2. The maximum Gasteiger partial charge on any atom is 0.251 e. The summed E-state index contributed by atoms with van der Waals surface area (Å²) in [7, 11) is 0. The number of fused-ring (bicyclic) bond motifs is 1. The van der Waals surface area contributed by atoms with Crippen molar-refractivity contribution in [1.29, 1.82) is 0 Å². The first kappa shape index (κ1) is 18.2. The molecule has 5 nitrogen and oxygen atoms in total. The quantitative estimate of drug-likeness (QED) is 0.636. The minimum absolute atomic E-state index is 0.0330. The van der Waals surface area contributed by atoms with Crippen molar-refractivity contribution in [1.82, 2.24) is 10.6 Å². The van der Waals surface area contributed by atoms with Gasteiger partial charge in [-0.25, -0.2) is 0 Å². The predicted molar refractivity (Wildman–Crippen MR) is 95.7 cm³/mol. The van der Waals surface area contributed by atoms with Crippen molar-refractivity contribution in [2.24, 2.45) is 5.73 Å². The van der Waals surface area contributed by atoms with Gasteiger partial charge in [-0.15, -0.1) is 0 Å². The normalized spacial score (nSPS) is 22.6. The highest BCUT2D eigenvalue weighted by Crippen LogP contribution is 2.11. The Labute approximate surface area is 143 Å². The lowest BCUT2D eigenvalue weighted by atomic mass is 10.0. The van der Waals surface area contributed by atoms with Gasteiger partial charge in [-0.1, -0.05) is 30.4 Å². The van der Waals surface area contributed by atoms with E-state index in [-0.39, 0.29) is 11.8 Å². The highest BCUT2D eigenvalue weighted by atomic mass is 16.2. The van der Waals surface area contributed by atoms with Gasteiger partial charge in [0, 0.05) is 18.7 Å². The molecule has 1 atom stereocenters. The fourth-order valence-corrected chi connectivity index (χ4v) is 2.72. The number of rotatable bonds is 0. The molecule has 0 aromatic heterocycles. The van der Waals surface area contributed by atoms with Crippen molar-refractivity contribution < 1.29 is 9.59 Å². The summed E-state index contributed by atoms with van der Waals surface area (Å²) in [6, 6.07) is 7.27. The molecule has 2 rings (SSSR count). The number of nitrogens with two attached hydrogens (primary N) is 1. The zero-order chi connectivity index (χ0) is 17.2. The molecule has 2 amide bonds. The van der Waals surface area contributed by atoms with Crippen LogP contribution in [0.5, 0.6) is 0 Å². The van der Waals surface area contributed by atoms with E-state index in [0.717, 1.165) is 43.2 Å². The Bertz CT molecular complexity index is 584. The van der Waals surface area contributed by atoms with E-state index in [2.05, 4.69) is 22.8 Å². The topological polar surface area (TPSA) is 84.2 Å². The Morgan fingerprint density at radius 3 is 2.54 bits per heavy atom. The van der Waals surface area contributed by atoms with E-state index in [1.165, 1.54) is 0 Å². The Kier molecular flexibility index (Phi) is 7.49. The number of carbonyl (C=O) groups excluding carboxylic acids is 2. The zero-order valence-corrected chi connectivity index (χ0v) is 14.1. The second-order valence-electron chi connectivity index (χ2n) is 6.12. The Balaban J connectivity index is 2.02.